The number of carbonyl (C=O) groups is 1. The fourth-order valence-corrected chi connectivity index (χ4v) is 5.03. The second-order valence-electron chi connectivity index (χ2n) is 7.65. The minimum Gasteiger partial charge on any atom is -0.487 e. The predicted molar refractivity (Wildman–Crippen MR) is 134 cm³/mol. The van der Waals surface area contributed by atoms with E-state index in [1.54, 1.807) is 41.9 Å². The number of rotatable bonds is 8. The number of sulfonamides is 1. The first-order valence-corrected chi connectivity index (χ1v) is 12.8. The minimum atomic E-state index is -3.77. The molecule has 2 N–H and O–H groups in total. The SMILES string of the molecule is Cc1cccc(C)c1NS(=O)(=O)c1ccc(NC(=O)c2cccc(OCc3cscn3)c2)cc1. The molecule has 0 aliphatic rings. The fourth-order valence-electron chi connectivity index (χ4n) is 3.28. The molecule has 4 aromatic rings. The molecule has 3 aromatic carbocycles. The second-order valence-corrected chi connectivity index (χ2v) is 10.0. The van der Waals surface area contributed by atoms with Gasteiger partial charge in [-0.1, -0.05) is 24.3 Å². The van der Waals surface area contributed by atoms with Gasteiger partial charge in [0.25, 0.3) is 15.9 Å². The van der Waals surface area contributed by atoms with Crippen molar-refractivity contribution in [3.63, 3.8) is 0 Å². The van der Waals surface area contributed by atoms with E-state index in [9.17, 15) is 13.2 Å². The highest BCUT2D eigenvalue weighted by Crippen LogP contribution is 2.24. The number of carbonyl (C=O) groups excluding carboxylic acids is 1. The Hall–Kier alpha value is -3.69. The van der Waals surface area contributed by atoms with Gasteiger partial charge in [0.1, 0.15) is 12.4 Å². The fraction of sp³-hybridized carbons (Fsp3) is 0.120. The number of benzene rings is 3. The first kappa shape index (κ1) is 23.5. The van der Waals surface area contributed by atoms with Gasteiger partial charge in [-0.05, 0) is 67.4 Å². The maximum Gasteiger partial charge on any atom is 0.261 e. The quantitative estimate of drug-likeness (QED) is 0.343. The Kier molecular flexibility index (Phi) is 6.95. The Labute approximate surface area is 202 Å². The summed E-state index contributed by atoms with van der Waals surface area (Å²) in [6, 6.07) is 18.4. The van der Waals surface area contributed by atoms with E-state index in [2.05, 4.69) is 15.0 Å². The lowest BCUT2D eigenvalue weighted by Crippen LogP contribution is -2.15. The molecule has 0 unspecified atom stereocenters. The van der Waals surface area contributed by atoms with Gasteiger partial charge >= 0.3 is 0 Å². The lowest BCUT2D eigenvalue weighted by atomic mass is 10.1. The van der Waals surface area contributed by atoms with Gasteiger partial charge < -0.3 is 10.1 Å². The van der Waals surface area contributed by atoms with Crippen molar-refractivity contribution in [3.8, 4) is 5.75 Å². The molecule has 0 spiro atoms. The smallest absolute Gasteiger partial charge is 0.261 e. The summed E-state index contributed by atoms with van der Waals surface area (Å²) in [4.78, 5) is 17.0. The molecule has 4 rings (SSSR count). The van der Waals surface area contributed by atoms with Crippen LogP contribution in [-0.4, -0.2) is 19.3 Å². The summed E-state index contributed by atoms with van der Waals surface area (Å²) in [6.07, 6.45) is 0. The maximum atomic E-state index is 12.8. The number of nitrogens with one attached hydrogen (secondary N) is 2. The molecule has 0 aliphatic carbocycles. The summed E-state index contributed by atoms with van der Waals surface area (Å²) in [5, 5.41) is 4.68. The van der Waals surface area contributed by atoms with E-state index in [1.807, 2.05) is 37.4 Å². The maximum absolute atomic E-state index is 12.8. The third kappa shape index (κ3) is 5.62. The van der Waals surface area contributed by atoms with Crippen molar-refractivity contribution >= 4 is 38.6 Å². The molecule has 0 fully saturated rings. The Balaban J connectivity index is 1.42. The average Bonchev–Trinajstić information content (AvgIpc) is 3.35. The summed E-state index contributed by atoms with van der Waals surface area (Å²) < 4.78 is 34.0. The standard InChI is InChI=1S/C25H23N3O4S2/c1-17-5-3-6-18(2)24(17)28-34(30,31)23-11-9-20(10-12-23)27-25(29)19-7-4-8-22(13-19)32-14-21-15-33-16-26-21/h3-13,15-16,28H,14H2,1-2H3,(H,27,29). The molecule has 0 saturated carbocycles. The molecule has 0 saturated heterocycles. The average molecular weight is 494 g/mol. The molecule has 1 amide bonds. The number of anilines is 2. The molecule has 1 aromatic heterocycles. The molecule has 0 aliphatic heterocycles. The monoisotopic (exact) mass is 493 g/mol. The number of para-hydroxylation sites is 1. The van der Waals surface area contributed by atoms with E-state index in [0.717, 1.165) is 16.8 Å². The molecule has 7 nitrogen and oxygen atoms in total. The van der Waals surface area contributed by atoms with Gasteiger partial charge in [0, 0.05) is 16.6 Å². The van der Waals surface area contributed by atoms with Gasteiger partial charge in [-0.15, -0.1) is 11.3 Å². The zero-order valence-corrected chi connectivity index (χ0v) is 20.2. The number of nitrogens with zero attached hydrogens (tertiary/aromatic N) is 1. The lowest BCUT2D eigenvalue weighted by Gasteiger charge is -2.13. The number of aryl methyl sites for hydroxylation is 2. The first-order chi connectivity index (χ1) is 16.3. The number of hydrogen-bond acceptors (Lipinski definition) is 6. The molecule has 0 atom stereocenters. The van der Waals surface area contributed by atoms with Crippen molar-refractivity contribution in [1.29, 1.82) is 0 Å². The van der Waals surface area contributed by atoms with Gasteiger partial charge in [-0.25, -0.2) is 13.4 Å². The molecule has 174 valence electrons. The molecular weight excluding hydrogens is 470 g/mol. The van der Waals surface area contributed by atoms with Gasteiger partial charge in [-0.2, -0.15) is 0 Å². The lowest BCUT2D eigenvalue weighted by molar-refractivity contribution is 0.102. The van der Waals surface area contributed by atoms with Crippen LogP contribution in [0.5, 0.6) is 5.75 Å². The van der Waals surface area contributed by atoms with Crippen LogP contribution in [0.25, 0.3) is 0 Å². The Morgan fingerprint density at radius 1 is 1.00 bits per heavy atom. The van der Waals surface area contributed by atoms with E-state index >= 15 is 0 Å². The van der Waals surface area contributed by atoms with E-state index in [-0.39, 0.29) is 10.8 Å². The largest absolute Gasteiger partial charge is 0.487 e. The summed E-state index contributed by atoms with van der Waals surface area (Å²) in [5.41, 5.74) is 5.70. The van der Waals surface area contributed by atoms with E-state index in [0.29, 0.717) is 29.3 Å². The molecule has 0 bridgehead atoms. The number of ether oxygens (including phenoxy) is 1. The summed E-state index contributed by atoms with van der Waals surface area (Å²) in [5.74, 6) is 0.225. The van der Waals surface area contributed by atoms with Crippen molar-refractivity contribution in [1.82, 2.24) is 4.98 Å². The molecule has 1 heterocycles. The van der Waals surface area contributed by atoms with Crippen LogP contribution in [0.3, 0.4) is 0 Å². The van der Waals surface area contributed by atoms with Crippen LogP contribution in [0.4, 0.5) is 11.4 Å². The molecular formula is C25H23N3O4S2. The van der Waals surface area contributed by atoms with Crippen molar-refractivity contribution in [2.24, 2.45) is 0 Å². The van der Waals surface area contributed by atoms with Crippen LogP contribution >= 0.6 is 11.3 Å². The van der Waals surface area contributed by atoms with E-state index in [4.69, 9.17) is 4.74 Å². The number of aromatic nitrogens is 1. The van der Waals surface area contributed by atoms with Crippen LogP contribution in [0.15, 0.2) is 82.5 Å². The Bertz CT molecular complexity index is 1380. The van der Waals surface area contributed by atoms with Gasteiger partial charge in [0.2, 0.25) is 0 Å². The van der Waals surface area contributed by atoms with Crippen LogP contribution in [0, 0.1) is 13.8 Å². The van der Waals surface area contributed by atoms with Crippen molar-refractivity contribution in [2.75, 3.05) is 10.0 Å². The number of thiazole rings is 1. The van der Waals surface area contributed by atoms with Crippen molar-refractivity contribution < 1.29 is 17.9 Å². The van der Waals surface area contributed by atoms with Crippen LogP contribution in [-0.2, 0) is 16.6 Å². The Morgan fingerprint density at radius 3 is 2.38 bits per heavy atom. The summed E-state index contributed by atoms with van der Waals surface area (Å²) in [7, 11) is -3.77. The van der Waals surface area contributed by atoms with E-state index in [1.165, 1.54) is 23.5 Å². The van der Waals surface area contributed by atoms with Crippen LogP contribution in [0.2, 0.25) is 0 Å². The van der Waals surface area contributed by atoms with Crippen molar-refractivity contribution in [2.45, 2.75) is 25.3 Å². The zero-order chi connectivity index (χ0) is 24.1. The topological polar surface area (TPSA) is 97.4 Å². The molecule has 9 heteroatoms. The zero-order valence-electron chi connectivity index (χ0n) is 18.6. The third-order valence-electron chi connectivity index (χ3n) is 5.11. The normalized spacial score (nSPS) is 11.1. The number of hydrogen-bond donors (Lipinski definition) is 2. The first-order valence-electron chi connectivity index (χ1n) is 10.4. The number of amides is 1. The van der Waals surface area contributed by atoms with Crippen LogP contribution < -0.4 is 14.8 Å². The highest BCUT2D eigenvalue weighted by molar-refractivity contribution is 7.92. The van der Waals surface area contributed by atoms with Crippen molar-refractivity contribution in [3.05, 3.63) is 100 Å². The van der Waals surface area contributed by atoms with Gasteiger partial charge in [0.05, 0.1) is 21.8 Å². The second kappa shape index (κ2) is 10.1. The van der Waals surface area contributed by atoms with E-state index < -0.39 is 10.0 Å². The highest BCUT2D eigenvalue weighted by Gasteiger charge is 2.17. The third-order valence-corrected chi connectivity index (χ3v) is 7.11. The molecule has 34 heavy (non-hydrogen) atoms. The summed E-state index contributed by atoms with van der Waals surface area (Å²) in [6.45, 7) is 4.02. The minimum absolute atomic E-state index is 0.102. The Morgan fingerprint density at radius 2 is 1.71 bits per heavy atom. The highest BCUT2D eigenvalue weighted by atomic mass is 32.2. The van der Waals surface area contributed by atoms with Gasteiger partial charge in [-0.3, -0.25) is 9.52 Å². The van der Waals surface area contributed by atoms with Gasteiger partial charge in [0.15, 0.2) is 0 Å². The molecule has 0 radical (unpaired) electrons. The van der Waals surface area contributed by atoms with Crippen LogP contribution in [0.1, 0.15) is 27.2 Å². The predicted octanol–water partition coefficient (Wildman–Crippen LogP) is 5.39. The summed E-state index contributed by atoms with van der Waals surface area (Å²) >= 11 is 1.49.